The Morgan fingerprint density at radius 3 is 2.50 bits per heavy atom. The van der Waals surface area contributed by atoms with Crippen molar-refractivity contribution in [1.29, 1.82) is 0 Å². The SMILES string of the molecule is NCCN1CCC(CNc2ccc(Br)cc2)CC1. The third-order valence-electron chi connectivity index (χ3n) is 3.59. The Bertz CT molecular complexity index is 345. The highest BCUT2D eigenvalue weighted by Gasteiger charge is 2.18. The number of anilines is 1. The largest absolute Gasteiger partial charge is 0.385 e. The molecule has 100 valence electrons. The smallest absolute Gasteiger partial charge is 0.0341 e. The summed E-state index contributed by atoms with van der Waals surface area (Å²) < 4.78 is 1.13. The minimum atomic E-state index is 0.780. The van der Waals surface area contributed by atoms with E-state index >= 15 is 0 Å². The Morgan fingerprint density at radius 1 is 1.22 bits per heavy atom. The summed E-state index contributed by atoms with van der Waals surface area (Å²) >= 11 is 3.45. The number of piperidine rings is 1. The van der Waals surface area contributed by atoms with Gasteiger partial charge in [0.1, 0.15) is 0 Å². The van der Waals surface area contributed by atoms with E-state index in [1.54, 1.807) is 0 Å². The van der Waals surface area contributed by atoms with Gasteiger partial charge in [0.15, 0.2) is 0 Å². The van der Waals surface area contributed by atoms with E-state index in [0.717, 1.165) is 30.0 Å². The highest BCUT2D eigenvalue weighted by molar-refractivity contribution is 9.10. The Labute approximate surface area is 118 Å². The maximum Gasteiger partial charge on any atom is 0.0341 e. The number of benzene rings is 1. The molecule has 0 amide bonds. The molecule has 1 fully saturated rings. The minimum absolute atomic E-state index is 0.780. The molecular formula is C14H22BrN3. The molecule has 0 unspecified atom stereocenters. The fourth-order valence-corrected chi connectivity index (χ4v) is 2.69. The first-order valence-corrected chi connectivity index (χ1v) is 7.49. The van der Waals surface area contributed by atoms with Crippen LogP contribution in [0.25, 0.3) is 0 Å². The molecule has 1 aliphatic rings. The Kier molecular flexibility index (Phi) is 5.47. The van der Waals surface area contributed by atoms with Crippen molar-refractivity contribution in [2.45, 2.75) is 12.8 Å². The molecule has 1 saturated heterocycles. The number of hydrogen-bond donors (Lipinski definition) is 2. The van der Waals surface area contributed by atoms with Crippen LogP contribution in [0.4, 0.5) is 5.69 Å². The van der Waals surface area contributed by atoms with Gasteiger partial charge in [-0.1, -0.05) is 15.9 Å². The normalized spacial score (nSPS) is 17.9. The topological polar surface area (TPSA) is 41.3 Å². The van der Waals surface area contributed by atoms with E-state index in [0.29, 0.717) is 0 Å². The van der Waals surface area contributed by atoms with Gasteiger partial charge in [-0.2, -0.15) is 0 Å². The highest BCUT2D eigenvalue weighted by Crippen LogP contribution is 2.19. The molecular weight excluding hydrogens is 290 g/mol. The lowest BCUT2D eigenvalue weighted by molar-refractivity contribution is 0.194. The van der Waals surface area contributed by atoms with E-state index < -0.39 is 0 Å². The van der Waals surface area contributed by atoms with Gasteiger partial charge in [0.25, 0.3) is 0 Å². The molecule has 18 heavy (non-hydrogen) atoms. The van der Waals surface area contributed by atoms with E-state index in [4.69, 9.17) is 5.73 Å². The first-order chi connectivity index (χ1) is 8.78. The van der Waals surface area contributed by atoms with Crippen molar-refractivity contribution in [3.8, 4) is 0 Å². The number of likely N-dealkylation sites (tertiary alicyclic amines) is 1. The second kappa shape index (κ2) is 7.12. The molecule has 1 aliphatic heterocycles. The number of nitrogens with zero attached hydrogens (tertiary/aromatic N) is 1. The van der Waals surface area contributed by atoms with Crippen LogP contribution in [-0.4, -0.2) is 37.6 Å². The van der Waals surface area contributed by atoms with E-state index in [1.807, 2.05) is 0 Å². The Morgan fingerprint density at radius 2 is 1.89 bits per heavy atom. The first-order valence-electron chi connectivity index (χ1n) is 6.70. The average molecular weight is 312 g/mol. The number of nitrogens with two attached hydrogens (primary N) is 1. The lowest BCUT2D eigenvalue weighted by Crippen LogP contribution is -2.38. The highest BCUT2D eigenvalue weighted by atomic mass is 79.9. The fourth-order valence-electron chi connectivity index (χ4n) is 2.43. The molecule has 1 aromatic rings. The molecule has 0 bridgehead atoms. The first kappa shape index (κ1) is 13.8. The van der Waals surface area contributed by atoms with Crippen LogP contribution < -0.4 is 11.1 Å². The molecule has 0 aromatic heterocycles. The van der Waals surface area contributed by atoms with Crippen LogP contribution in [0, 0.1) is 5.92 Å². The van der Waals surface area contributed by atoms with Crippen molar-refractivity contribution in [3.63, 3.8) is 0 Å². The summed E-state index contributed by atoms with van der Waals surface area (Å²) in [5, 5.41) is 3.52. The van der Waals surface area contributed by atoms with Crippen LogP contribution in [0.2, 0.25) is 0 Å². The molecule has 3 N–H and O–H groups in total. The maximum absolute atomic E-state index is 5.58. The number of hydrogen-bond acceptors (Lipinski definition) is 3. The molecule has 2 rings (SSSR count). The monoisotopic (exact) mass is 311 g/mol. The molecule has 0 spiro atoms. The summed E-state index contributed by atoms with van der Waals surface area (Å²) in [6.07, 6.45) is 2.56. The number of halogens is 1. The standard InChI is InChI=1S/C14H22BrN3/c15-13-1-3-14(4-2-13)17-11-12-5-8-18(9-6-12)10-7-16/h1-4,12,17H,5-11,16H2. The van der Waals surface area contributed by atoms with Gasteiger partial charge in [-0.15, -0.1) is 0 Å². The van der Waals surface area contributed by atoms with Crippen LogP contribution in [0.1, 0.15) is 12.8 Å². The van der Waals surface area contributed by atoms with Crippen molar-refractivity contribution >= 4 is 21.6 Å². The van der Waals surface area contributed by atoms with E-state index in [2.05, 4.69) is 50.4 Å². The predicted octanol–water partition coefficient (Wildman–Crippen LogP) is 2.53. The molecule has 0 aliphatic carbocycles. The molecule has 3 nitrogen and oxygen atoms in total. The van der Waals surface area contributed by atoms with Crippen LogP contribution in [-0.2, 0) is 0 Å². The zero-order valence-electron chi connectivity index (χ0n) is 10.7. The van der Waals surface area contributed by atoms with Crippen LogP contribution >= 0.6 is 15.9 Å². The zero-order valence-corrected chi connectivity index (χ0v) is 12.3. The summed E-state index contributed by atoms with van der Waals surface area (Å²) in [7, 11) is 0. The summed E-state index contributed by atoms with van der Waals surface area (Å²) in [6.45, 7) is 5.31. The van der Waals surface area contributed by atoms with Gasteiger partial charge >= 0.3 is 0 Å². The summed E-state index contributed by atoms with van der Waals surface area (Å²) in [6, 6.07) is 8.39. The molecule has 0 saturated carbocycles. The lowest BCUT2D eigenvalue weighted by atomic mass is 9.96. The van der Waals surface area contributed by atoms with Crippen molar-refractivity contribution in [1.82, 2.24) is 4.90 Å². The predicted molar refractivity (Wildman–Crippen MR) is 80.9 cm³/mol. The molecule has 4 heteroatoms. The average Bonchev–Trinajstić information content (AvgIpc) is 2.40. The Balaban J connectivity index is 1.70. The van der Waals surface area contributed by atoms with E-state index in [1.165, 1.54) is 31.6 Å². The summed E-state index contributed by atoms with van der Waals surface area (Å²) in [5.74, 6) is 0.794. The van der Waals surface area contributed by atoms with Gasteiger partial charge in [-0.05, 0) is 56.1 Å². The minimum Gasteiger partial charge on any atom is -0.385 e. The third kappa shape index (κ3) is 4.26. The molecule has 1 aromatic carbocycles. The lowest BCUT2D eigenvalue weighted by Gasteiger charge is -2.31. The fraction of sp³-hybridized carbons (Fsp3) is 0.571. The quantitative estimate of drug-likeness (QED) is 0.878. The van der Waals surface area contributed by atoms with E-state index in [-0.39, 0.29) is 0 Å². The van der Waals surface area contributed by atoms with Gasteiger partial charge in [-0.3, -0.25) is 0 Å². The maximum atomic E-state index is 5.58. The molecule has 1 heterocycles. The van der Waals surface area contributed by atoms with Crippen molar-refractivity contribution in [2.75, 3.05) is 38.0 Å². The van der Waals surface area contributed by atoms with Gasteiger partial charge in [-0.25, -0.2) is 0 Å². The van der Waals surface area contributed by atoms with Crippen LogP contribution in [0.5, 0.6) is 0 Å². The van der Waals surface area contributed by atoms with Gasteiger partial charge < -0.3 is 16.0 Å². The van der Waals surface area contributed by atoms with Gasteiger partial charge in [0, 0.05) is 29.8 Å². The summed E-state index contributed by atoms with van der Waals surface area (Å²) in [4.78, 5) is 2.47. The number of rotatable bonds is 5. The zero-order chi connectivity index (χ0) is 12.8. The third-order valence-corrected chi connectivity index (χ3v) is 4.12. The van der Waals surface area contributed by atoms with Crippen molar-refractivity contribution in [3.05, 3.63) is 28.7 Å². The molecule has 0 radical (unpaired) electrons. The van der Waals surface area contributed by atoms with Crippen LogP contribution in [0.15, 0.2) is 28.7 Å². The van der Waals surface area contributed by atoms with Gasteiger partial charge in [0.05, 0.1) is 0 Å². The second-order valence-corrected chi connectivity index (χ2v) is 5.88. The van der Waals surface area contributed by atoms with E-state index in [9.17, 15) is 0 Å². The summed E-state index contributed by atoms with van der Waals surface area (Å²) in [5.41, 5.74) is 6.79. The van der Waals surface area contributed by atoms with Crippen molar-refractivity contribution < 1.29 is 0 Å². The van der Waals surface area contributed by atoms with Gasteiger partial charge in [0.2, 0.25) is 0 Å². The second-order valence-electron chi connectivity index (χ2n) is 4.96. The van der Waals surface area contributed by atoms with Crippen molar-refractivity contribution in [2.24, 2.45) is 11.7 Å². The Hall–Kier alpha value is -0.580. The molecule has 0 atom stereocenters. The number of nitrogens with one attached hydrogen (secondary N) is 1. The van der Waals surface area contributed by atoms with Crippen LogP contribution in [0.3, 0.4) is 0 Å².